The summed E-state index contributed by atoms with van der Waals surface area (Å²) in [5.41, 5.74) is 6.02. The van der Waals surface area contributed by atoms with Crippen LogP contribution in [0.1, 0.15) is 21.7 Å². The predicted molar refractivity (Wildman–Crippen MR) is 88.1 cm³/mol. The van der Waals surface area contributed by atoms with E-state index in [0.29, 0.717) is 11.4 Å². The lowest BCUT2D eigenvalue weighted by molar-refractivity contribution is 0.0949. The van der Waals surface area contributed by atoms with Crippen LogP contribution in [0.15, 0.2) is 59.8 Å². The van der Waals surface area contributed by atoms with Crippen LogP contribution in [0.25, 0.3) is 11.3 Å². The lowest BCUT2D eigenvalue weighted by Crippen LogP contribution is -2.19. The molecule has 0 fully saturated rings. The summed E-state index contributed by atoms with van der Waals surface area (Å²) < 4.78 is 0. The van der Waals surface area contributed by atoms with E-state index in [4.69, 9.17) is 0 Å². The smallest absolute Gasteiger partial charge is 0.272 e. The number of aromatic nitrogens is 3. The van der Waals surface area contributed by atoms with Gasteiger partial charge in [-0.25, -0.2) is 5.43 Å². The van der Waals surface area contributed by atoms with Gasteiger partial charge in [-0.2, -0.15) is 10.2 Å². The van der Waals surface area contributed by atoms with Gasteiger partial charge in [-0.3, -0.25) is 14.9 Å². The molecule has 0 spiro atoms. The fraction of sp³-hybridized carbons (Fsp3) is 0.0588. The molecule has 2 aromatic heterocycles. The number of hydrogen-bond acceptors (Lipinski definition) is 4. The van der Waals surface area contributed by atoms with Gasteiger partial charge in [0.1, 0.15) is 5.69 Å². The Hall–Kier alpha value is -3.28. The minimum absolute atomic E-state index is 0.343. The zero-order chi connectivity index (χ0) is 16.1. The maximum Gasteiger partial charge on any atom is 0.289 e. The van der Waals surface area contributed by atoms with E-state index >= 15 is 0 Å². The number of aromatic amines is 1. The van der Waals surface area contributed by atoms with Crippen LogP contribution >= 0.6 is 0 Å². The molecule has 0 aliphatic rings. The molecule has 0 unspecified atom stereocenters. The molecule has 0 aliphatic heterocycles. The van der Waals surface area contributed by atoms with E-state index in [2.05, 4.69) is 25.7 Å². The van der Waals surface area contributed by atoms with E-state index < -0.39 is 0 Å². The zero-order valence-electron chi connectivity index (χ0n) is 12.5. The first-order valence-electron chi connectivity index (χ1n) is 7.10. The number of hydrogen-bond donors (Lipinski definition) is 2. The van der Waals surface area contributed by atoms with Crippen molar-refractivity contribution in [3.05, 3.63) is 71.7 Å². The van der Waals surface area contributed by atoms with Crippen molar-refractivity contribution in [1.29, 1.82) is 0 Å². The van der Waals surface area contributed by atoms with Gasteiger partial charge in [-0.15, -0.1) is 0 Å². The Balaban J connectivity index is 1.74. The summed E-state index contributed by atoms with van der Waals surface area (Å²) in [7, 11) is 0. The second-order valence-corrected chi connectivity index (χ2v) is 4.89. The Morgan fingerprint density at radius 2 is 1.96 bits per heavy atom. The Morgan fingerprint density at radius 3 is 2.70 bits per heavy atom. The van der Waals surface area contributed by atoms with Crippen molar-refractivity contribution in [1.82, 2.24) is 20.6 Å². The Labute approximate surface area is 133 Å². The van der Waals surface area contributed by atoms with Gasteiger partial charge in [0.2, 0.25) is 0 Å². The van der Waals surface area contributed by atoms with E-state index in [1.54, 1.807) is 12.3 Å². The van der Waals surface area contributed by atoms with Gasteiger partial charge in [-0.05, 0) is 19.1 Å². The average Bonchev–Trinajstić information content (AvgIpc) is 2.98. The number of carbonyl (C=O) groups is 1. The first-order chi connectivity index (χ1) is 11.3. The normalized spacial score (nSPS) is 10.8. The van der Waals surface area contributed by atoms with Crippen molar-refractivity contribution in [2.45, 2.75) is 6.92 Å². The number of H-pyrrole nitrogens is 1. The van der Waals surface area contributed by atoms with Crippen LogP contribution in [0, 0.1) is 6.92 Å². The molecule has 1 amide bonds. The molecule has 0 aliphatic carbocycles. The van der Waals surface area contributed by atoms with Crippen molar-refractivity contribution in [2.24, 2.45) is 5.10 Å². The van der Waals surface area contributed by atoms with E-state index in [0.717, 1.165) is 16.8 Å². The fourth-order valence-corrected chi connectivity index (χ4v) is 2.16. The molecular formula is C17H15N5O. The fourth-order valence-electron chi connectivity index (χ4n) is 2.16. The second-order valence-electron chi connectivity index (χ2n) is 4.89. The minimum atomic E-state index is -0.343. The van der Waals surface area contributed by atoms with Crippen LogP contribution < -0.4 is 5.43 Å². The van der Waals surface area contributed by atoms with Gasteiger partial charge in [0.15, 0.2) is 0 Å². The van der Waals surface area contributed by atoms with E-state index in [9.17, 15) is 4.79 Å². The topological polar surface area (TPSA) is 83.0 Å². The number of nitrogens with zero attached hydrogens (tertiary/aromatic N) is 3. The standard InChI is InChI=1S/C17H15N5O/c1-12-15(13-7-3-2-4-8-13)20-21-16(12)17(23)22-19-11-14-9-5-6-10-18-14/h2-11H,1H3,(H,20,21)(H,22,23)/b19-11-. The van der Waals surface area contributed by atoms with Crippen molar-refractivity contribution >= 4 is 12.1 Å². The molecule has 6 heteroatoms. The van der Waals surface area contributed by atoms with Crippen molar-refractivity contribution in [2.75, 3.05) is 0 Å². The molecule has 0 saturated carbocycles. The Bertz CT molecular complexity index is 825. The van der Waals surface area contributed by atoms with Crippen molar-refractivity contribution in [3.8, 4) is 11.3 Å². The third-order valence-corrected chi connectivity index (χ3v) is 3.33. The summed E-state index contributed by atoms with van der Waals surface area (Å²) in [5.74, 6) is -0.343. The monoisotopic (exact) mass is 305 g/mol. The molecule has 114 valence electrons. The van der Waals surface area contributed by atoms with Crippen LogP contribution in [0.5, 0.6) is 0 Å². The van der Waals surface area contributed by atoms with Gasteiger partial charge >= 0.3 is 0 Å². The summed E-state index contributed by atoms with van der Waals surface area (Å²) >= 11 is 0. The average molecular weight is 305 g/mol. The van der Waals surface area contributed by atoms with Gasteiger partial charge in [0, 0.05) is 17.3 Å². The SMILES string of the molecule is Cc1c(-c2ccccc2)n[nH]c1C(=O)N/N=C\c1ccccn1. The van der Waals surface area contributed by atoms with Gasteiger partial charge in [0.25, 0.3) is 5.91 Å². The molecule has 3 aromatic rings. The van der Waals surface area contributed by atoms with Crippen molar-refractivity contribution in [3.63, 3.8) is 0 Å². The lowest BCUT2D eigenvalue weighted by Gasteiger charge is -2.00. The molecule has 2 N–H and O–H groups in total. The first kappa shape index (κ1) is 14.6. The largest absolute Gasteiger partial charge is 0.289 e. The number of amides is 1. The third kappa shape index (κ3) is 3.32. The molecule has 0 bridgehead atoms. The number of benzene rings is 1. The summed E-state index contributed by atoms with van der Waals surface area (Å²) in [6.07, 6.45) is 3.15. The molecule has 23 heavy (non-hydrogen) atoms. The number of hydrazone groups is 1. The molecule has 2 heterocycles. The Kier molecular flexibility index (Phi) is 4.24. The molecule has 1 aromatic carbocycles. The lowest BCUT2D eigenvalue weighted by atomic mass is 10.1. The highest BCUT2D eigenvalue weighted by Gasteiger charge is 2.16. The van der Waals surface area contributed by atoms with Crippen LogP contribution in [0.3, 0.4) is 0 Å². The molecular weight excluding hydrogens is 290 g/mol. The van der Waals surface area contributed by atoms with Crippen molar-refractivity contribution < 1.29 is 4.79 Å². The summed E-state index contributed by atoms with van der Waals surface area (Å²) in [6.45, 7) is 1.85. The van der Waals surface area contributed by atoms with E-state index in [1.807, 2.05) is 49.4 Å². The molecule has 3 rings (SSSR count). The van der Waals surface area contributed by atoms with Crippen LogP contribution in [-0.4, -0.2) is 27.3 Å². The number of pyridine rings is 1. The van der Waals surface area contributed by atoms with Gasteiger partial charge < -0.3 is 0 Å². The van der Waals surface area contributed by atoms with Crippen LogP contribution in [0.2, 0.25) is 0 Å². The van der Waals surface area contributed by atoms with E-state index in [1.165, 1.54) is 6.21 Å². The zero-order valence-corrected chi connectivity index (χ0v) is 12.5. The van der Waals surface area contributed by atoms with Crippen LogP contribution in [-0.2, 0) is 0 Å². The molecule has 0 radical (unpaired) electrons. The maximum atomic E-state index is 12.2. The highest BCUT2D eigenvalue weighted by molar-refractivity contribution is 5.95. The predicted octanol–water partition coefficient (Wildman–Crippen LogP) is 2.54. The summed E-state index contributed by atoms with van der Waals surface area (Å²) in [5, 5.41) is 10.9. The summed E-state index contributed by atoms with van der Waals surface area (Å²) in [6, 6.07) is 15.2. The third-order valence-electron chi connectivity index (χ3n) is 3.33. The highest BCUT2D eigenvalue weighted by Crippen LogP contribution is 2.22. The number of carbonyl (C=O) groups excluding carboxylic acids is 1. The first-order valence-corrected chi connectivity index (χ1v) is 7.10. The number of rotatable bonds is 4. The molecule has 0 atom stereocenters. The summed E-state index contributed by atoms with van der Waals surface area (Å²) in [4.78, 5) is 16.3. The van der Waals surface area contributed by atoms with E-state index in [-0.39, 0.29) is 5.91 Å². The van der Waals surface area contributed by atoms with Crippen LogP contribution in [0.4, 0.5) is 0 Å². The highest BCUT2D eigenvalue weighted by atomic mass is 16.2. The second kappa shape index (κ2) is 6.65. The maximum absolute atomic E-state index is 12.2. The molecule has 0 saturated heterocycles. The molecule has 6 nitrogen and oxygen atoms in total. The minimum Gasteiger partial charge on any atom is -0.272 e. The Morgan fingerprint density at radius 1 is 1.17 bits per heavy atom. The number of nitrogens with one attached hydrogen (secondary N) is 2. The quantitative estimate of drug-likeness (QED) is 0.574. The van der Waals surface area contributed by atoms with Gasteiger partial charge in [-0.1, -0.05) is 36.4 Å². The van der Waals surface area contributed by atoms with Gasteiger partial charge in [0.05, 0.1) is 17.6 Å².